The third kappa shape index (κ3) is 7.58. The zero-order valence-electron chi connectivity index (χ0n) is 26.7. The molecule has 4 fully saturated rings. The number of benzene rings is 3. The Labute approximate surface area is 283 Å². The van der Waals surface area contributed by atoms with E-state index < -0.39 is 73.9 Å². The second kappa shape index (κ2) is 15.9. The lowest BCUT2D eigenvalue weighted by Gasteiger charge is -2.51. The van der Waals surface area contributed by atoms with Gasteiger partial charge in [-0.3, -0.25) is 0 Å². The molecule has 12 atom stereocenters. The van der Waals surface area contributed by atoms with Crippen LogP contribution in [0, 0.1) is 0 Å². The summed E-state index contributed by atoms with van der Waals surface area (Å²) in [5.41, 5.74) is 12.1. The van der Waals surface area contributed by atoms with Gasteiger partial charge in [0, 0.05) is 16.0 Å². The van der Waals surface area contributed by atoms with Crippen LogP contribution < -0.4 is 0 Å². The van der Waals surface area contributed by atoms with E-state index in [-0.39, 0.29) is 26.4 Å². The summed E-state index contributed by atoms with van der Waals surface area (Å²) in [5.74, 6) is 0. The summed E-state index contributed by atoms with van der Waals surface area (Å²) >= 11 is 0. The summed E-state index contributed by atoms with van der Waals surface area (Å²) in [6.45, 7) is 4.44. The van der Waals surface area contributed by atoms with Gasteiger partial charge in [-0.1, -0.05) is 102 Å². The Morgan fingerprint density at radius 2 is 1.33 bits per heavy atom. The molecule has 1 N–H and O–H groups in total. The zero-order chi connectivity index (χ0) is 33.6. The van der Waals surface area contributed by atoms with Gasteiger partial charge in [0.05, 0.1) is 32.5 Å². The first-order valence-electron chi connectivity index (χ1n) is 16.3. The van der Waals surface area contributed by atoms with Crippen molar-refractivity contribution in [1.29, 1.82) is 0 Å². The fourth-order valence-corrected chi connectivity index (χ4v) is 6.53. The smallest absolute Gasteiger partial charge is 0.187 e. The normalized spacial score (nSPS) is 35.7. The van der Waals surface area contributed by atoms with Crippen LogP contribution in [0.3, 0.4) is 0 Å². The van der Waals surface area contributed by atoms with Crippen molar-refractivity contribution in [2.45, 2.75) is 80.5 Å². The number of azide groups is 1. The number of nitrogens with zero attached hydrogens (tertiary/aromatic N) is 3. The second-order valence-corrected chi connectivity index (χ2v) is 12.1. The van der Waals surface area contributed by atoms with Crippen LogP contribution in [0.4, 0.5) is 0 Å². The van der Waals surface area contributed by atoms with Crippen molar-refractivity contribution < 1.29 is 47.7 Å². The van der Waals surface area contributed by atoms with Gasteiger partial charge in [-0.25, -0.2) is 0 Å². The van der Waals surface area contributed by atoms with Crippen LogP contribution in [-0.4, -0.2) is 86.3 Å². The highest BCUT2D eigenvalue weighted by Gasteiger charge is 2.56. The number of hydrogen-bond donors (Lipinski definition) is 1. The molecule has 4 heterocycles. The Morgan fingerprint density at radius 3 is 1.94 bits per heavy atom. The monoisotopic (exact) mass is 673 g/mol. The minimum Gasteiger partial charge on any atom is -0.390 e. The van der Waals surface area contributed by atoms with Crippen LogP contribution in [0.25, 0.3) is 10.4 Å². The molecule has 13 heteroatoms. The molecule has 3 aromatic carbocycles. The average molecular weight is 674 g/mol. The minimum absolute atomic E-state index is 0.101. The topological polar surface area (TPSA) is 152 Å². The molecular weight excluding hydrogens is 634 g/mol. The van der Waals surface area contributed by atoms with E-state index in [1.165, 1.54) is 0 Å². The standard InChI is InChI=1S/C36H39N3O10/c1-2-18-41-36-32(42-19-22-12-6-3-7-13-22)31(30-26(46-36)21-44-34(48-30)24-16-10-5-11-17-24)49-35-27(38-39-37)28(40)29-25(45-35)20-43-33(47-29)23-14-8-4-9-15-23/h2-17,25-36,40H,1,18-21H2/t25-,26-,27-,28-,29+,30+,31+,32-,33+,34+,35+,36-/m1/s1. The van der Waals surface area contributed by atoms with Gasteiger partial charge in [0.2, 0.25) is 0 Å². The van der Waals surface area contributed by atoms with Crippen molar-refractivity contribution in [2.24, 2.45) is 5.11 Å². The van der Waals surface area contributed by atoms with Crippen LogP contribution in [0.2, 0.25) is 0 Å². The summed E-state index contributed by atoms with van der Waals surface area (Å²) in [4.78, 5) is 3.03. The number of aliphatic hydroxyl groups excluding tert-OH is 1. The Kier molecular flexibility index (Phi) is 11.0. The Morgan fingerprint density at radius 1 is 0.755 bits per heavy atom. The molecule has 13 nitrogen and oxygen atoms in total. The number of aliphatic hydroxyl groups is 1. The van der Waals surface area contributed by atoms with E-state index in [1.54, 1.807) is 6.08 Å². The maximum Gasteiger partial charge on any atom is 0.187 e. The Balaban J connectivity index is 1.18. The first-order valence-corrected chi connectivity index (χ1v) is 16.3. The van der Waals surface area contributed by atoms with E-state index >= 15 is 0 Å². The van der Waals surface area contributed by atoms with Gasteiger partial charge in [-0.2, -0.15) is 0 Å². The van der Waals surface area contributed by atoms with E-state index in [9.17, 15) is 10.6 Å². The fraction of sp³-hybridized carbons (Fsp3) is 0.444. The van der Waals surface area contributed by atoms with Gasteiger partial charge in [-0.05, 0) is 11.1 Å². The third-order valence-corrected chi connectivity index (χ3v) is 8.90. The molecule has 4 aliphatic heterocycles. The Hall–Kier alpha value is -3.69. The first kappa shape index (κ1) is 33.8. The molecule has 0 spiro atoms. The molecule has 0 unspecified atom stereocenters. The molecule has 0 radical (unpaired) electrons. The fourth-order valence-electron chi connectivity index (χ4n) is 6.53. The summed E-state index contributed by atoms with van der Waals surface area (Å²) in [5, 5.41) is 15.6. The van der Waals surface area contributed by atoms with Gasteiger partial charge in [0.25, 0.3) is 0 Å². The summed E-state index contributed by atoms with van der Waals surface area (Å²) < 4.78 is 57.0. The van der Waals surface area contributed by atoms with Crippen LogP contribution in [0.1, 0.15) is 29.3 Å². The maximum atomic E-state index is 11.6. The largest absolute Gasteiger partial charge is 0.390 e. The van der Waals surface area contributed by atoms with Crippen molar-refractivity contribution in [1.82, 2.24) is 0 Å². The van der Waals surface area contributed by atoms with E-state index in [0.717, 1.165) is 16.7 Å². The van der Waals surface area contributed by atoms with Gasteiger partial charge in [0.15, 0.2) is 25.2 Å². The molecule has 49 heavy (non-hydrogen) atoms. The zero-order valence-corrected chi connectivity index (χ0v) is 26.7. The molecule has 4 aliphatic rings. The molecule has 258 valence electrons. The van der Waals surface area contributed by atoms with Crippen molar-refractivity contribution in [3.05, 3.63) is 131 Å². The van der Waals surface area contributed by atoms with E-state index in [4.69, 9.17) is 42.6 Å². The highest BCUT2D eigenvalue weighted by atomic mass is 16.8. The van der Waals surface area contributed by atoms with Crippen LogP contribution in [0.5, 0.6) is 0 Å². The van der Waals surface area contributed by atoms with Crippen LogP contribution in [0.15, 0.2) is 109 Å². The number of hydrogen-bond acceptors (Lipinski definition) is 11. The first-order chi connectivity index (χ1) is 24.1. The molecule has 0 aliphatic carbocycles. The average Bonchev–Trinajstić information content (AvgIpc) is 3.16. The molecule has 0 bridgehead atoms. The van der Waals surface area contributed by atoms with Gasteiger partial charge in [-0.15, -0.1) is 6.58 Å². The second-order valence-electron chi connectivity index (χ2n) is 12.1. The predicted molar refractivity (Wildman–Crippen MR) is 172 cm³/mol. The third-order valence-electron chi connectivity index (χ3n) is 8.90. The molecule has 7 rings (SSSR count). The number of ether oxygens (including phenoxy) is 9. The van der Waals surface area contributed by atoms with Crippen molar-refractivity contribution in [3.8, 4) is 0 Å². The lowest BCUT2D eigenvalue weighted by molar-refractivity contribution is -0.398. The number of fused-ring (bicyclic) bond motifs is 2. The lowest BCUT2D eigenvalue weighted by atomic mass is 9.94. The molecule has 4 saturated heterocycles. The predicted octanol–water partition coefficient (Wildman–Crippen LogP) is 4.88. The lowest BCUT2D eigenvalue weighted by Crippen LogP contribution is -2.67. The van der Waals surface area contributed by atoms with Crippen molar-refractivity contribution in [2.75, 3.05) is 19.8 Å². The summed E-state index contributed by atoms with van der Waals surface area (Å²) in [6.07, 6.45) is -7.98. The van der Waals surface area contributed by atoms with Gasteiger partial charge in [0.1, 0.15) is 42.7 Å². The van der Waals surface area contributed by atoms with Crippen LogP contribution in [-0.2, 0) is 49.2 Å². The quantitative estimate of drug-likeness (QED) is 0.129. The van der Waals surface area contributed by atoms with E-state index in [2.05, 4.69) is 16.6 Å². The molecule has 0 aromatic heterocycles. The van der Waals surface area contributed by atoms with Crippen molar-refractivity contribution in [3.63, 3.8) is 0 Å². The van der Waals surface area contributed by atoms with Gasteiger partial charge >= 0.3 is 0 Å². The molecule has 3 aromatic rings. The Bertz CT molecular complexity index is 1550. The van der Waals surface area contributed by atoms with Crippen molar-refractivity contribution >= 4 is 0 Å². The van der Waals surface area contributed by atoms with Gasteiger partial charge < -0.3 is 47.7 Å². The highest BCUT2D eigenvalue weighted by Crippen LogP contribution is 2.40. The maximum absolute atomic E-state index is 11.6. The number of rotatable bonds is 11. The molecule has 0 saturated carbocycles. The summed E-state index contributed by atoms with van der Waals surface area (Å²) in [7, 11) is 0. The summed E-state index contributed by atoms with van der Waals surface area (Å²) in [6, 6.07) is 27.4. The minimum atomic E-state index is -1.28. The molecule has 0 amide bonds. The van der Waals surface area contributed by atoms with Crippen LogP contribution >= 0.6 is 0 Å². The van der Waals surface area contributed by atoms with E-state index in [0.29, 0.717) is 0 Å². The highest BCUT2D eigenvalue weighted by molar-refractivity contribution is 5.18. The SMILES string of the molecule is C=CCO[C@@H]1O[C@@H]2CO[C@H](c3ccccc3)O[C@@H]2[C@H](O[C@@H]2O[C@@H]3CO[C@H](c4ccccc4)O[C@@H]3[C@H](O)[C@H]2N=[N+]=[N-])[C@H]1OCc1ccccc1. The molecular formula is C36H39N3O10. The van der Waals surface area contributed by atoms with E-state index in [1.807, 2.05) is 91.0 Å².